The van der Waals surface area contributed by atoms with Gasteiger partial charge in [0.05, 0.1) is 12.2 Å². The molecule has 0 rings (SSSR count). The van der Waals surface area contributed by atoms with Gasteiger partial charge in [0, 0.05) is 0 Å². The van der Waals surface area contributed by atoms with Crippen LogP contribution in [-0.4, -0.2) is 22.4 Å². The minimum absolute atomic E-state index is 0.116. The van der Waals surface area contributed by atoms with Gasteiger partial charge in [0.25, 0.3) is 0 Å². The third-order valence-corrected chi connectivity index (χ3v) is 3.34. The van der Waals surface area contributed by atoms with E-state index < -0.39 is 0 Å². The zero-order valence-corrected chi connectivity index (χ0v) is 11.8. The number of rotatable bonds is 12. The lowest BCUT2D eigenvalue weighted by molar-refractivity contribution is 0.133. The summed E-state index contributed by atoms with van der Waals surface area (Å²) in [5.74, 6) is 0. The van der Waals surface area contributed by atoms with Crippen molar-refractivity contribution >= 4 is 0 Å². The Labute approximate surface area is 107 Å². The predicted octanol–water partition coefficient (Wildman–Crippen LogP) is 4.04. The van der Waals surface area contributed by atoms with Crippen LogP contribution in [0.1, 0.15) is 84.5 Å². The highest BCUT2D eigenvalue weighted by molar-refractivity contribution is 4.59. The molecule has 0 aromatic heterocycles. The maximum atomic E-state index is 9.75. The molecular formula is C15H32O2. The van der Waals surface area contributed by atoms with Gasteiger partial charge in [0.1, 0.15) is 0 Å². The van der Waals surface area contributed by atoms with Gasteiger partial charge >= 0.3 is 0 Å². The molecule has 0 aromatic carbocycles. The van der Waals surface area contributed by atoms with Crippen LogP contribution in [0.3, 0.4) is 0 Å². The summed E-state index contributed by atoms with van der Waals surface area (Å²) in [5, 5.41) is 19.3. The van der Waals surface area contributed by atoms with Crippen molar-refractivity contribution in [3.05, 3.63) is 0 Å². The maximum Gasteiger partial charge on any atom is 0.0540 e. The Bertz CT molecular complexity index is 148. The van der Waals surface area contributed by atoms with E-state index in [2.05, 4.69) is 13.8 Å². The van der Waals surface area contributed by atoms with E-state index in [9.17, 15) is 10.2 Å². The molecule has 17 heavy (non-hydrogen) atoms. The SMILES string of the molecule is CCCCCCC(O)CCCCC(O)CCC. The number of hydrogen-bond donors (Lipinski definition) is 2. The van der Waals surface area contributed by atoms with E-state index in [-0.39, 0.29) is 12.2 Å². The first kappa shape index (κ1) is 16.9. The predicted molar refractivity (Wildman–Crippen MR) is 74.1 cm³/mol. The first-order chi connectivity index (χ1) is 8.20. The first-order valence-corrected chi connectivity index (χ1v) is 7.56. The van der Waals surface area contributed by atoms with Gasteiger partial charge in [0.15, 0.2) is 0 Å². The second-order valence-corrected chi connectivity index (χ2v) is 5.23. The van der Waals surface area contributed by atoms with E-state index in [4.69, 9.17) is 0 Å². The molecule has 0 heterocycles. The molecule has 0 aliphatic carbocycles. The van der Waals surface area contributed by atoms with E-state index in [0.717, 1.165) is 51.4 Å². The molecule has 2 unspecified atom stereocenters. The second-order valence-electron chi connectivity index (χ2n) is 5.23. The molecule has 0 saturated heterocycles. The average Bonchev–Trinajstić information content (AvgIpc) is 2.31. The molecule has 2 atom stereocenters. The van der Waals surface area contributed by atoms with Crippen LogP contribution in [0.25, 0.3) is 0 Å². The van der Waals surface area contributed by atoms with Gasteiger partial charge in [-0.05, 0) is 25.7 Å². The van der Waals surface area contributed by atoms with Crippen LogP contribution >= 0.6 is 0 Å². The van der Waals surface area contributed by atoms with Crippen LogP contribution in [-0.2, 0) is 0 Å². The second kappa shape index (κ2) is 12.4. The summed E-state index contributed by atoms with van der Waals surface area (Å²) >= 11 is 0. The highest BCUT2D eigenvalue weighted by Gasteiger charge is 2.05. The maximum absolute atomic E-state index is 9.75. The number of aliphatic hydroxyl groups excluding tert-OH is 2. The normalized spacial score (nSPS) is 14.8. The molecule has 0 fully saturated rings. The highest BCUT2D eigenvalue weighted by atomic mass is 16.3. The Morgan fingerprint density at radius 1 is 0.588 bits per heavy atom. The molecule has 0 aromatic rings. The molecule has 0 bridgehead atoms. The highest BCUT2D eigenvalue weighted by Crippen LogP contribution is 2.13. The standard InChI is InChI=1S/C15H32O2/c1-3-5-6-7-11-15(17)13-9-8-12-14(16)10-4-2/h14-17H,3-13H2,1-2H3. The van der Waals surface area contributed by atoms with E-state index >= 15 is 0 Å². The van der Waals surface area contributed by atoms with Crippen molar-refractivity contribution in [1.82, 2.24) is 0 Å². The van der Waals surface area contributed by atoms with Crippen LogP contribution in [0.15, 0.2) is 0 Å². The lowest BCUT2D eigenvalue weighted by Crippen LogP contribution is -2.08. The Morgan fingerprint density at radius 3 is 1.53 bits per heavy atom. The molecule has 0 saturated carbocycles. The molecule has 0 aliphatic rings. The lowest BCUT2D eigenvalue weighted by Gasteiger charge is -2.12. The van der Waals surface area contributed by atoms with Crippen molar-refractivity contribution in [3.63, 3.8) is 0 Å². The van der Waals surface area contributed by atoms with Crippen LogP contribution in [0.2, 0.25) is 0 Å². The largest absolute Gasteiger partial charge is 0.393 e. The lowest BCUT2D eigenvalue weighted by atomic mass is 10.0. The van der Waals surface area contributed by atoms with Crippen LogP contribution in [0, 0.1) is 0 Å². The number of aliphatic hydroxyl groups is 2. The van der Waals surface area contributed by atoms with Crippen molar-refractivity contribution in [2.75, 3.05) is 0 Å². The van der Waals surface area contributed by atoms with Crippen molar-refractivity contribution in [3.8, 4) is 0 Å². The minimum atomic E-state index is -0.123. The quantitative estimate of drug-likeness (QED) is 0.509. The molecule has 2 nitrogen and oxygen atoms in total. The fraction of sp³-hybridized carbons (Fsp3) is 1.00. The summed E-state index contributed by atoms with van der Waals surface area (Å²) < 4.78 is 0. The van der Waals surface area contributed by atoms with Crippen molar-refractivity contribution in [2.45, 2.75) is 96.7 Å². The molecule has 0 aliphatic heterocycles. The first-order valence-electron chi connectivity index (χ1n) is 7.56. The molecule has 0 amide bonds. The molecule has 0 spiro atoms. The zero-order chi connectivity index (χ0) is 12.9. The van der Waals surface area contributed by atoms with E-state index in [1.165, 1.54) is 19.3 Å². The smallest absolute Gasteiger partial charge is 0.0540 e. The van der Waals surface area contributed by atoms with Gasteiger partial charge in [0.2, 0.25) is 0 Å². The third kappa shape index (κ3) is 12.2. The Hall–Kier alpha value is -0.0800. The summed E-state index contributed by atoms with van der Waals surface area (Å²) in [6, 6.07) is 0. The Balaban J connectivity index is 3.23. The van der Waals surface area contributed by atoms with E-state index in [1.807, 2.05) is 0 Å². The topological polar surface area (TPSA) is 40.5 Å². The summed E-state index contributed by atoms with van der Waals surface area (Å²) in [6.07, 6.45) is 11.6. The molecular weight excluding hydrogens is 212 g/mol. The van der Waals surface area contributed by atoms with E-state index in [0.29, 0.717) is 0 Å². The van der Waals surface area contributed by atoms with Gasteiger partial charge in [-0.2, -0.15) is 0 Å². The van der Waals surface area contributed by atoms with Gasteiger partial charge in [-0.15, -0.1) is 0 Å². The number of unbranched alkanes of at least 4 members (excludes halogenated alkanes) is 4. The summed E-state index contributed by atoms with van der Waals surface area (Å²) in [4.78, 5) is 0. The van der Waals surface area contributed by atoms with Crippen molar-refractivity contribution in [2.24, 2.45) is 0 Å². The van der Waals surface area contributed by atoms with Crippen LogP contribution < -0.4 is 0 Å². The van der Waals surface area contributed by atoms with Gasteiger partial charge in [-0.3, -0.25) is 0 Å². The summed E-state index contributed by atoms with van der Waals surface area (Å²) in [6.45, 7) is 4.31. The Kier molecular flexibility index (Phi) is 12.3. The third-order valence-electron chi connectivity index (χ3n) is 3.34. The molecule has 0 radical (unpaired) electrons. The fourth-order valence-corrected chi connectivity index (χ4v) is 2.19. The van der Waals surface area contributed by atoms with Crippen LogP contribution in [0.4, 0.5) is 0 Å². The van der Waals surface area contributed by atoms with E-state index in [1.54, 1.807) is 0 Å². The van der Waals surface area contributed by atoms with Gasteiger partial charge < -0.3 is 10.2 Å². The molecule has 2 heteroatoms. The van der Waals surface area contributed by atoms with Gasteiger partial charge in [-0.1, -0.05) is 58.8 Å². The van der Waals surface area contributed by atoms with Gasteiger partial charge in [-0.25, -0.2) is 0 Å². The Morgan fingerprint density at radius 2 is 1.06 bits per heavy atom. The van der Waals surface area contributed by atoms with Crippen molar-refractivity contribution in [1.29, 1.82) is 0 Å². The average molecular weight is 244 g/mol. The number of hydrogen-bond acceptors (Lipinski definition) is 2. The van der Waals surface area contributed by atoms with Crippen molar-refractivity contribution < 1.29 is 10.2 Å². The molecule has 104 valence electrons. The monoisotopic (exact) mass is 244 g/mol. The van der Waals surface area contributed by atoms with Crippen LogP contribution in [0.5, 0.6) is 0 Å². The fourth-order valence-electron chi connectivity index (χ4n) is 2.19. The summed E-state index contributed by atoms with van der Waals surface area (Å²) in [5.41, 5.74) is 0. The zero-order valence-electron chi connectivity index (χ0n) is 11.8. The summed E-state index contributed by atoms with van der Waals surface area (Å²) in [7, 11) is 0. The minimum Gasteiger partial charge on any atom is -0.393 e. The molecule has 2 N–H and O–H groups in total.